The number of ether oxygens (including phenoxy) is 1. The van der Waals surface area contributed by atoms with Gasteiger partial charge in [0.1, 0.15) is 5.82 Å². The van der Waals surface area contributed by atoms with E-state index in [9.17, 15) is 9.18 Å². The van der Waals surface area contributed by atoms with Gasteiger partial charge in [-0.25, -0.2) is 9.18 Å². The molecule has 0 aliphatic rings. The molecule has 2 nitrogen and oxygen atoms in total. The minimum atomic E-state index is -0.681. The third kappa shape index (κ3) is 2.32. The molecule has 0 radical (unpaired) electrons. The molecule has 14 heavy (non-hydrogen) atoms. The lowest BCUT2D eigenvalue weighted by Gasteiger charge is -2.04. The molecule has 0 heterocycles. The van der Waals surface area contributed by atoms with Crippen molar-refractivity contribution in [2.75, 3.05) is 7.11 Å². The second-order valence-electron chi connectivity index (χ2n) is 2.33. The number of carbonyl (C=O) groups is 1. The Morgan fingerprint density at radius 3 is 2.71 bits per heavy atom. The average Bonchev–Trinajstić information content (AvgIpc) is 2.19. The van der Waals surface area contributed by atoms with Gasteiger partial charge in [0.25, 0.3) is 0 Å². The highest BCUT2D eigenvalue weighted by Gasteiger charge is 2.14. The molecule has 0 amide bonds. The van der Waals surface area contributed by atoms with Crippen molar-refractivity contribution in [2.24, 2.45) is 0 Å². The van der Waals surface area contributed by atoms with Gasteiger partial charge in [0.15, 0.2) is 0 Å². The van der Waals surface area contributed by atoms with Gasteiger partial charge in [0.05, 0.1) is 22.6 Å². The molecule has 0 saturated heterocycles. The van der Waals surface area contributed by atoms with E-state index in [1.54, 1.807) is 0 Å². The molecule has 0 bridgehead atoms. The minimum absolute atomic E-state index is 0.0128. The summed E-state index contributed by atoms with van der Waals surface area (Å²) in [6, 6.07) is 2.28. The average molecular weight is 255 g/mol. The lowest BCUT2D eigenvalue weighted by Crippen LogP contribution is -2.03. The predicted octanol–water partition coefficient (Wildman–Crippen LogP) is 3.51. The van der Waals surface area contributed by atoms with Crippen LogP contribution in [0.5, 0.6) is 0 Å². The summed E-state index contributed by atoms with van der Waals surface area (Å²) in [6.07, 6.45) is 0. The van der Waals surface area contributed by atoms with E-state index in [0.717, 1.165) is 6.07 Å². The van der Waals surface area contributed by atoms with Gasteiger partial charge in [0.2, 0.25) is 0 Å². The van der Waals surface area contributed by atoms with E-state index in [1.165, 1.54) is 13.2 Å². The molecule has 6 heteroatoms. The van der Waals surface area contributed by atoms with E-state index < -0.39 is 11.8 Å². The van der Waals surface area contributed by atoms with Gasteiger partial charge < -0.3 is 4.74 Å². The summed E-state index contributed by atoms with van der Waals surface area (Å²) in [6.45, 7) is 0. The first kappa shape index (κ1) is 11.6. The Balaban J connectivity index is 3.21. The first-order chi connectivity index (χ1) is 6.60. The largest absolute Gasteiger partial charge is 0.465 e. The van der Waals surface area contributed by atoms with Crippen molar-refractivity contribution in [1.82, 2.24) is 0 Å². The summed E-state index contributed by atoms with van der Waals surface area (Å²) in [5, 5.41) is 0.112. The second-order valence-corrected chi connectivity index (χ2v) is 3.80. The van der Waals surface area contributed by atoms with Crippen LogP contribution >= 0.6 is 33.3 Å². The SMILES string of the molecule is COC(=O)c1cc(F)c(SCl)cc1Cl. The van der Waals surface area contributed by atoms with Crippen LogP contribution in [-0.4, -0.2) is 13.1 Å². The van der Waals surface area contributed by atoms with Crippen LogP contribution in [-0.2, 0) is 4.74 Å². The normalized spacial score (nSPS) is 10.0. The highest BCUT2D eigenvalue weighted by atomic mass is 35.7. The van der Waals surface area contributed by atoms with Gasteiger partial charge in [-0.1, -0.05) is 11.6 Å². The molecule has 1 aromatic carbocycles. The zero-order valence-electron chi connectivity index (χ0n) is 7.01. The topological polar surface area (TPSA) is 26.3 Å². The van der Waals surface area contributed by atoms with Gasteiger partial charge in [-0.05, 0) is 33.8 Å². The first-order valence-electron chi connectivity index (χ1n) is 3.46. The van der Waals surface area contributed by atoms with Crippen LogP contribution in [0.25, 0.3) is 0 Å². The van der Waals surface area contributed by atoms with Crippen molar-refractivity contribution in [3.8, 4) is 0 Å². The molecule has 0 N–H and O–H groups in total. The van der Waals surface area contributed by atoms with Gasteiger partial charge in [-0.15, -0.1) is 0 Å². The minimum Gasteiger partial charge on any atom is -0.465 e. The quantitative estimate of drug-likeness (QED) is 0.756. The van der Waals surface area contributed by atoms with E-state index in [1.807, 2.05) is 0 Å². The van der Waals surface area contributed by atoms with Crippen LogP contribution in [0.1, 0.15) is 10.4 Å². The highest BCUT2D eigenvalue weighted by molar-refractivity contribution is 8.21. The summed E-state index contributed by atoms with van der Waals surface area (Å²) in [4.78, 5) is 11.2. The van der Waals surface area contributed by atoms with Crippen molar-refractivity contribution in [1.29, 1.82) is 0 Å². The third-order valence-corrected chi connectivity index (χ3v) is 2.80. The van der Waals surface area contributed by atoms with Gasteiger partial charge in [-0.2, -0.15) is 0 Å². The number of benzene rings is 1. The van der Waals surface area contributed by atoms with Crippen molar-refractivity contribution in [2.45, 2.75) is 4.90 Å². The summed E-state index contributed by atoms with van der Waals surface area (Å²) >= 11 is 5.71. The maximum Gasteiger partial charge on any atom is 0.339 e. The fourth-order valence-electron chi connectivity index (χ4n) is 0.854. The molecule has 0 fully saturated rings. The number of halogens is 3. The molecule has 0 spiro atoms. The van der Waals surface area contributed by atoms with E-state index in [2.05, 4.69) is 4.74 Å². The van der Waals surface area contributed by atoms with Crippen LogP contribution < -0.4 is 0 Å². The molecule has 0 aliphatic carbocycles. The molecule has 0 aliphatic heterocycles. The number of esters is 1. The van der Waals surface area contributed by atoms with Crippen molar-refractivity contribution in [3.05, 3.63) is 28.5 Å². The van der Waals surface area contributed by atoms with E-state index in [4.69, 9.17) is 22.3 Å². The smallest absolute Gasteiger partial charge is 0.339 e. The number of hydrogen-bond acceptors (Lipinski definition) is 3. The van der Waals surface area contributed by atoms with E-state index >= 15 is 0 Å². The number of methoxy groups -OCH3 is 1. The van der Waals surface area contributed by atoms with E-state index in [-0.39, 0.29) is 15.5 Å². The Morgan fingerprint density at radius 1 is 1.57 bits per heavy atom. The van der Waals surface area contributed by atoms with Gasteiger partial charge in [0, 0.05) is 0 Å². The highest BCUT2D eigenvalue weighted by Crippen LogP contribution is 2.30. The Bertz CT molecular complexity index is 371. The molecule has 0 atom stereocenters. The maximum absolute atomic E-state index is 13.2. The van der Waals surface area contributed by atoms with Crippen LogP contribution in [0, 0.1) is 5.82 Å². The monoisotopic (exact) mass is 254 g/mol. The number of rotatable bonds is 2. The Morgan fingerprint density at radius 2 is 2.21 bits per heavy atom. The summed E-state index contributed by atoms with van der Waals surface area (Å²) in [5.74, 6) is -1.28. The maximum atomic E-state index is 13.2. The standard InChI is InChI=1S/C8H5Cl2FO2S/c1-13-8(12)4-2-6(11)7(14-10)3-5(4)9/h2-3H,1H3. The first-order valence-corrected chi connectivity index (χ1v) is 5.48. The molecule has 1 rings (SSSR count). The molecule has 0 unspecified atom stereocenters. The second kappa shape index (κ2) is 4.87. The lowest BCUT2D eigenvalue weighted by molar-refractivity contribution is 0.0600. The summed E-state index contributed by atoms with van der Waals surface area (Å²) < 4.78 is 17.6. The molecule has 0 saturated carbocycles. The Kier molecular flexibility index (Phi) is 4.04. The molecule has 1 aromatic rings. The van der Waals surface area contributed by atoms with Crippen LogP contribution in [0.3, 0.4) is 0 Å². The van der Waals surface area contributed by atoms with Crippen LogP contribution in [0.15, 0.2) is 17.0 Å². The summed E-state index contributed by atoms with van der Waals surface area (Å²) in [7, 11) is 7.27. The fraction of sp³-hybridized carbons (Fsp3) is 0.125. The van der Waals surface area contributed by atoms with E-state index in [0.29, 0.717) is 11.0 Å². The Hall–Kier alpha value is -0.450. The third-order valence-electron chi connectivity index (χ3n) is 1.51. The summed E-state index contributed by atoms with van der Waals surface area (Å²) in [5.41, 5.74) is -0.0128. The molecule has 0 aromatic heterocycles. The lowest BCUT2D eigenvalue weighted by atomic mass is 10.2. The van der Waals surface area contributed by atoms with Gasteiger partial charge in [-0.3, -0.25) is 0 Å². The predicted molar refractivity (Wildman–Crippen MR) is 54.5 cm³/mol. The fourth-order valence-corrected chi connectivity index (χ4v) is 1.81. The van der Waals surface area contributed by atoms with Crippen LogP contribution in [0.4, 0.5) is 4.39 Å². The van der Waals surface area contributed by atoms with Crippen molar-refractivity contribution >= 4 is 39.2 Å². The Labute approximate surface area is 93.8 Å². The van der Waals surface area contributed by atoms with Gasteiger partial charge >= 0.3 is 5.97 Å². The zero-order valence-corrected chi connectivity index (χ0v) is 9.34. The van der Waals surface area contributed by atoms with Crippen molar-refractivity contribution < 1.29 is 13.9 Å². The molecule has 76 valence electrons. The molecular formula is C8H5Cl2FO2S. The molecular weight excluding hydrogens is 250 g/mol. The number of carbonyl (C=O) groups excluding carboxylic acids is 1. The zero-order chi connectivity index (χ0) is 10.7. The number of hydrogen-bond donors (Lipinski definition) is 0. The van der Waals surface area contributed by atoms with Crippen molar-refractivity contribution in [3.63, 3.8) is 0 Å². The van der Waals surface area contributed by atoms with Crippen LogP contribution in [0.2, 0.25) is 5.02 Å².